The van der Waals surface area contributed by atoms with Gasteiger partial charge in [-0.15, -0.1) is 0 Å². The van der Waals surface area contributed by atoms with E-state index >= 15 is 0 Å². The van der Waals surface area contributed by atoms with Gasteiger partial charge < -0.3 is 9.94 Å². The van der Waals surface area contributed by atoms with Gasteiger partial charge >= 0.3 is 6.18 Å². The number of aromatic nitrogens is 2. The van der Waals surface area contributed by atoms with Gasteiger partial charge in [0.15, 0.2) is 20.4 Å². The summed E-state index contributed by atoms with van der Waals surface area (Å²) in [6, 6.07) is 14.5. The van der Waals surface area contributed by atoms with Gasteiger partial charge in [-0.25, -0.2) is 13.4 Å². The van der Waals surface area contributed by atoms with Gasteiger partial charge in [-0.1, -0.05) is 12.1 Å². The SMILES string of the molecule is Cc1cc(-c2cc(S(=O)(=O)C(C)(C)C(F)(F)F)ccc2Oc2ccc(C3CC3)cc2)c2ccnc-2n1O. The number of ether oxygens (including phenoxy) is 1. The number of fused-ring (bicyclic) bond motifs is 1. The van der Waals surface area contributed by atoms with Crippen LogP contribution in [0.15, 0.2) is 65.7 Å². The first kappa shape index (κ1) is 25.1. The molecular weight excluding hydrogens is 505 g/mol. The van der Waals surface area contributed by atoms with Crippen LogP contribution in [0.4, 0.5) is 13.2 Å². The molecule has 1 fully saturated rings. The second kappa shape index (κ2) is 8.51. The van der Waals surface area contributed by atoms with Crippen LogP contribution in [-0.2, 0) is 9.84 Å². The average Bonchev–Trinajstić information content (AvgIpc) is 3.57. The zero-order valence-electron chi connectivity index (χ0n) is 20.4. The average molecular weight is 531 g/mol. The maximum absolute atomic E-state index is 13.7. The van der Waals surface area contributed by atoms with Crippen LogP contribution < -0.4 is 4.74 Å². The van der Waals surface area contributed by atoms with Crippen LogP contribution in [0.5, 0.6) is 11.5 Å². The number of hydrogen-bond donors (Lipinski definition) is 1. The third-order valence-electron chi connectivity index (χ3n) is 6.92. The highest BCUT2D eigenvalue weighted by Crippen LogP contribution is 2.45. The predicted octanol–water partition coefficient (Wildman–Crippen LogP) is 6.98. The molecule has 10 heteroatoms. The summed E-state index contributed by atoms with van der Waals surface area (Å²) in [5.41, 5.74) is 2.80. The van der Waals surface area contributed by atoms with Gasteiger partial charge in [-0.05, 0) is 93.1 Å². The van der Waals surface area contributed by atoms with Crippen molar-refractivity contribution in [2.45, 2.75) is 55.3 Å². The van der Waals surface area contributed by atoms with Crippen LogP contribution in [0.1, 0.15) is 43.9 Å². The highest BCUT2D eigenvalue weighted by Gasteiger charge is 2.57. The van der Waals surface area contributed by atoms with E-state index in [2.05, 4.69) is 4.98 Å². The molecule has 1 saturated carbocycles. The number of alkyl halides is 3. The Kier molecular flexibility index (Phi) is 5.78. The van der Waals surface area contributed by atoms with Gasteiger partial charge in [0, 0.05) is 17.3 Å². The van der Waals surface area contributed by atoms with Crippen LogP contribution >= 0.6 is 0 Å². The highest BCUT2D eigenvalue weighted by molar-refractivity contribution is 7.92. The molecule has 1 aliphatic carbocycles. The summed E-state index contributed by atoms with van der Waals surface area (Å²) in [4.78, 5) is 3.67. The van der Waals surface area contributed by atoms with E-state index in [1.807, 2.05) is 24.3 Å². The molecule has 2 aliphatic heterocycles. The number of sulfone groups is 1. The Morgan fingerprint density at radius 1 is 0.973 bits per heavy atom. The predicted molar refractivity (Wildman–Crippen MR) is 132 cm³/mol. The fourth-order valence-electron chi connectivity index (χ4n) is 4.22. The molecule has 0 spiro atoms. The summed E-state index contributed by atoms with van der Waals surface area (Å²) in [5.74, 6) is 1.53. The molecule has 3 aliphatic rings. The standard InChI is InChI=1S/C27H25F3N2O4S/c1-16-14-22(21-12-13-31-25(21)32(16)33)23-15-20(37(34,35)26(2,3)27(28,29)30)10-11-24(23)36-19-8-6-18(7-9-19)17-4-5-17/h6-15,17,33H,4-5H2,1-3H3. The number of pyridine rings is 1. The highest BCUT2D eigenvalue weighted by atomic mass is 32.2. The van der Waals surface area contributed by atoms with Crippen molar-refractivity contribution in [1.82, 2.24) is 9.71 Å². The van der Waals surface area contributed by atoms with E-state index in [9.17, 15) is 26.8 Å². The molecule has 5 rings (SSSR count). The summed E-state index contributed by atoms with van der Waals surface area (Å²) < 4.78 is 71.5. The Morgan fingerprint density at radius 2 is 1.65 bits per heavy atom. The number of halogens is 3. The Hall–Kier alpha value is -3.53. The van der Waals surface area contributed by atoms with Crippen molar-refractivity contribution < 1.29 is 31.5 Å². The number of hydrogen-bond acceptors (Lipinski definition) is 5. The van der Waals surface area contributed by atoms with E-state index < -0.39 is 25.7 Å². The molecule has 2 aromatic carbocycles. The number of aryl methyl sites for hydroxylation is 1. The smallest absolute Gasteiger partial charge is 0.408 e. The van der Waals surface area contributed by atoms with Crippen LogP contribution in [-0.4, -0.2) is 34.3 Å². The Balaban J connectivity index is 1.67. The Morgan fingerprint density at radius 3 is 2.27 bits per heavy atom. The van der Waals surface area contributed by atoms with Crippen LogP contribution in [0.3, 0.4) is 0 Å². The molecule has 0 atom stereocenters. The van der Waals surface area contributed by atoms with E-state index in [1.165, 1.54) is 23.9 Å². The van der Waals surface area contributed by atoms with Crippen molar-refractivity contribution in [3.05, 3.63) is 72.1 Å². The fourth-order valence-corrected chi connectivity index (χ4v) is 5.63. The zero-order chi connectivity index (χ0) is 26.8. The van der Waals surface area contributed by atoms with Crippen molar-refractivity contribution in [2.24, 2.45) is 0 Å². The minimum atomic E-state index is -4.99. The maximum Gasteiger partial charge on any atom is 0.408 e. The molecule has 194 valence electrons. The number of rotatable bonds is 6. The van der Waals surface area contributed by atoms with Gasteiger partial charge in [0.25, 0.3) is 0 Å². The Labute approximate surface area is 212 Å². The van der Waals surface area contributed by atoms with Gasteiger partial charge in [-0.2, -0.15) is 17.9 Å². The molecule has 2 heterocycles. The van der Waals surface area contributed by atoms with Crippen LogP contribution in [0.25, 0.3) is 22.5 Å². The molecule has 0 bridgehead atoms. The number of benzene rings is 2. The first-order valence-corrected chi connectivity index (χ1v) is 13.2. The lowest BCUT2D eigenvalue weighted by Crippen LogP contribution is -2.46. The summed E-state index contributed by atoms with van der Waals surface area (Å²) in [5, 5.41) is 10.4. The lowest BCUT2D eigenvalue weighted by Gasteiger charge is -2.28. The first-order valence-electron chi connectivity index (χ1n) is 11.7. The summed E-state index contributed by atoms with van der Waals surface area (Å²) in [6.45, 7) is 2.92. The van der Waals surface area contributed by atoms with Crippen molar-refractivity contribution in [1.29, 1.82) is 0 Å². The van der Waals surface area contributed by atoms with E-state index in [-0.39, 0.29) is 17.1 Å². The van der Waals surface area contributed by atoms with E-state index in [4.69, 9.17) is 4.74 Å². The van der Waals surface area contributed by atoms with Gasteiger partial charge in [-0.3, -0.25) is 0 Å². The second-order valence-electron chi connectivity index (χ2n) is 9.81. The van der Waals surface area contributed by atoms with Gasteiger partial charge in [0.05, 0.1) is 10.6 Å². The summed E-state index contributed by atoms with van der Waals surface area (Å²) in [7, 11) is -4.83. The maximum atomic E-state index is 13.7. The van der Waals surface area contributed by atoms with E-state index in [0.717, 1.165) is 23.6 Å². The summed E-state index contributed by atoms with van der Waals surface area (Å²) >= 11 is 0. The molecule has 2 aromatic rings. The third kappa shape index (κ3) is 4.22. The van der Waals surface area contributed by atoms with E-state index in [1.54, 1.807) is 19.1 Å². The lowest BCUT2D eigenvalue weighted by molar-refractivity contribution is -0.153. The van der Waals surface area contributed by atoms with Crippen molar-refractivity contribution in [3.8, 4) is 34.0 Å². The van der Waals surface area contributed by atoms with Crippen molar-refractivity contribution >= 4 is 9.84 Å². The molecule has 6 nitrogen and oxygen atoms in total. The van der Waals surface area contributed by atoms with Crippen LogP contribution in [0, 0.1) is 6.92 Å². The van der Waals surface area contributed by atoms with Crippen molar-refractivity contribution in [2.75, 3.05) is 0 Å². The minimum absolute atomic E-state index is 0.221. The van der Waals surface area contributed by atoms with E-state index in [0.29, 0.717) is 42.3 Å². The first-order chi connectivity index (χ1) is 17.3. The molecule has 0 aromatic heterocycles. The molecule has 37 heavy (non-hydrogen) atoms. The largest absolute Gasteiger partial charge is 0.457 e. The number of nitrogens with zero attached hydrogens (tertiary/aromatic N) is 2. The van der Waals surface area contributed by atoms with Crippen molar-refractivity contribution in [3.63, 3.8) is 0 Å². The second-order valence-corrected chi connectivity index (χ2v) is 12.3. The molecule has 1 N–H and O–H groups in total. The molecule has 0 unspecified atom stereocenters. The quantitative estimate of drug-likeness (QED) is 0.272. The lowest BCUT2D eigenvalue weighted by atomic mass is 9.98. The van der Waals surface area contributed by atoms with Gasteiger partial charge in [0.1, 0.15) is 11.5 Å². The topological polar surface area (TPSA) is 81.4 Å². The van der Waals surface area contributed by atoms with Crippen LogP contribution in [0.2, 0.25) is 0 Å². The molecule has 0 radical (unpaired) electrons. The third-order valence-corrected chi connectivity index (χ3v) is 9.37. The zero-order valence-corrected chi connectivity index (χ0v) is 21.2. The molecular formula is C27H25F3N2O4S. The minimum Gasteiger partial charge on any atom is -0.457 e. The Bertz CT molecular complexity index is 1550. The fraction of sp³-hybridized carbons (Fsp3) is 0.296. The molecule has 0 amide bonds. The monoisotopic (exact) mass is 530 g/mol. The molecule has 0 saturated heterocycles. The summed E-state index contributed by atoms with van der Waals surface area (Å²) in [6.07, 6.45) is -1.21. The van der Waals surface area contributed by atoms with Gasteiger partial charge in [0.2, 0.25) is 0 Å². The normalized spacial score (nSPS) is 14.8.